The zero-order valence-corrected chi connectivity index (χ0v) is 8.93. The Balaban J connectivity index is 2.12. The highest BCUT2D eigenvalue weighted by Gasteiger charge is 2.19. The average Bonchev–Trinajstić information content (AvgIpc) is 2.73. The smallest absolute Gasteiger partial charge is 0.116 e. The molecule has 1 aliphatic heterocycles. The second-order valence-corrected chi connectivity index (χ2v) is 3.90. The quantitative estimate of drug-likeness (QED) is 0.787. The van der Waals surface area contributed by atoms with Crippen molar-refractivity contribution in [1.29, 1.82) is 0 Å². The van der Waals surface area contributed by atoms with Crippen LogP contribution in [0.3, 0.4) is 0 Å². The summed E-state index contributed by atoms with van der Waals surface area (Å²) in [6, 6.07) is 0. The highest BCUT2D eigenvalue weighted by atomic mass is 15.1. The highest BCUT2D eigenvalue weighted by molar-refractivity contribution is 5.60. The molecule has 5 nitrogen and oxygen atoms in total. The van der Waals surface area contributed by atoms with Crippen LogP contribution in [0.1, 0.15) is 11.4 Å². The normalized spacial score (nSPS) is 13.3. The van der Waals surface area contributed by atoms with Crippen molar-refractivity contribution in [1.82, 2.24) is 19.5 Å². The number of hydrogen-bond donors (Lipinski definition) is 1. The van der Waals surface area contributed by atoms with Crippen molar-refractivity contribution in [2.24, 2.45) is 5.73 Å². The van der Waals surface area contributed by atoms with E-state index < -0.39 is 0 Å². The monoisotopic (exact) mass is 215 g/mol. The Bertz CT molecular complexity index is 517. The zero-order valence-electron chi connectivity index (χ0n) is 8.93. The summed E-state index contributed by atoms with van der Waals surface area (Å²) in [5.74, 6) is 1.06. The number of aryl methyl sites for hydroxylation is 1. The Morgan fingerprint density at radius 3 is 3.12 bits per heavy atom. The Morgan fingerprint density at radius 2 is 2.25 bits per heavy atom. The van der Waals surface area contributed by atoms with Gasteiger partial charge in [-0.1, -0.05) is 0 Å². The van der Waals surface area contributed by atoms with Crippen molar-refractivity contribution in [3.8, 4) is 11.4 Å². The summed E-state index contributed by atoms with van der Waals surface area (Å²) in [6.45, 7) is 1.58. The Kier molecular flexibility index (Phi) is 2.18. The van der Waals surface area contributed by atoms with E-state index in [1.54, 1.807) is 6.33 Å². The molecule has 0 fully saturated rings. The van der Waals surface area contributed by atoms with Crippen molar-refractivity contribution in [2.75, 3.05) is 6.54 Å². The van der Waals surface area contributed by atoms with Gasteiger partial charge in [0, 0.05) is 24.7 Å². The summed E-state index contributed by atoms with van der Waals surface area (Å²) < 4.78 is 2.21. The van der Waals surface area contributed by atoms with Crippen LogP contribution in [0.25, 0.3) is 11.4 Å². The van der Waals surface area contributed by atoms with Gasteiger partial charge in [0.25, 0.3) is 0 Å². The van der Waals surface area contributed by atoms with Gasteiger partial charge in [-0.05, 0) is 13.0 Å². The van der Waals surface area contributed by atoms with Gasteiger partial charge < -0.3 is 10.3 Å². The molecule has 0 radical (unpaired) electrons. The van der Waals surface area contributed by atoms with E-state index in [0.717, 1.165) is 36.6 Å². The Morgan fingerprint density at radius 1 is 1.31 bits per heavy atom. The molecule has 82 valence electrons. The van der Waals surface area contributed by atoms with E-state index in [1.165, 1.54) is 5.56 Å². The van der Waals surface area contributed by atoms with Gasteiger partial charge in [-0.15, -0.1) is 0 Å². The molecule has 1 aliphatic rings. The number of nitrogens with two attached hydrogens (primary N) is 1. The molecule has 0 amide bonds. The number of imidazole rings is 1. The molecule has 2 N–H and O–H groups in total. The minimum atomic E-state index is 0.632. The number of aromatic nitrogens is 4. The number of hydrogen-bond acceptors (Lipinski definition) is 4. The predicted octanol–water partition coefficient (Wildman–Crippen LogP) is 0.397. The summed E-state index contributed by atoms with van der Waals surface area (Å²) in [4.78, 5) is 12.8. The van der Waals surface area contributed by atoms with Gasteiger partial charge in [0.05, 0.1) is 17.6 Å². The van der Waals surface area contributed by atoms with Crippen LogP contribution in [0.15, 0.2) is 18.7 Å². The molecule has 5 heteroatoms. The van der Waals surface area contributed by atoms with Crippen LogP contribution in [0.4, 0.5) is 0 Å². The lowest BCUT2D eigenvalue weighted by Crippen LogP contribution is -2.16. The van der Waals surface area contributed by atoms with Crippen molar-refractivity contribution in [3.63, 3.8) is 0 Å². The molecule has 0 spiro atoms. The van der Waals surface area contributed by atoms with E-state index in [4.69, 9.17) is 5.73 Å². The first-order chi connectivity index (χ1) is 7.90. The van der Waals surface area contributed by atoms with E-state index in [-0.39, 0.29) is 0 Å². The largest absolute Gasteiger partial charge is 0.330 e. The fourth-order valence-corrected chi connectivity index (χ4v) is 2.19. The molecule has 16 heavy (non-hydrogen) atoms. The van der Waals surface area contributed by atoms with Gasteiger partial charge in [-0.25, -0.2) is 15.0 Å². The maximum absolute atomic E-state index is 5.57. The third-order valence-electron chi connectivity index (χ3n) is 2.94. The number of fused-ring (bicyclic) bond motifs is 3. The number of nitrogens with zero attached hydrogens (tertiary/aromatic N) is 4. The van der Waals surface area contributed by atoms with Crippen LogP contribution in [0, 0.1) is 0 Å². The molecule has 0 aromatic carbocycles. The van der Waals surface area contributed by atoms with E-state index >= 15 is 0 Å². The summed E-state index contributed by atoms with van der Waals surface area (Å²) in [7, 11) is 0. The maximum atomic E-state index is 5.57. The predicted molar refractivity (Wildman–Crippen MR) is 59.7 cm³/mol. The van der Waals surface area contributed by atoms with Crippen LogP contribution in [-0.4, -0.2) is 26.1 Å². The summed E-state index contributed by atoms with van der Waals surface area (Å²) >= 11 is 0. The first kappa shape index (κ1) is 9.47. The van der Waals surface area contributed by atoms with Crippen molar-refractivity contribution < 1.29 is 0 Å². The van der Waals surface area contributed by atoms with Gasteiger partial charge in [-0.2, -0.15) is 0 Å². The van der Waals surface area contributed by atoms with Crippen LogP contribution >= 0.6 is 0 Å². The van der Waals surface area contributed by atoms with E-state index in [9.17, 15) is 0 Å². The topological polar surface area (TPSA) is 69.6 Å². The molecule has 2 aromatic rings. The van der Waals surface area contributed by atoms with E-state index in [1.807, 2.05) is 12.4 Å². The van der Waals surface area contributed by atoms with Gasteiger partial charge >= 0.3 is 0 Å². The molecular weight excluding hydrogens is 202 g/mol. The molecule has 0 unspecified atom stereocenters. The standard InChI is InChI=1S/C11H13N5/c12-3-1-10-14-6-9-11-8(2-4-16(9)10)5-13-7-15-11/h5-7H,1-4,12H2. The molecule has 0 bridgehead atoms. The Labute approximate surface area is 93.4 Å². The zero-order chi connectivity index (χ0) is 11.0. The fourth-order valence-electron chi connectivity index (χ4n) is 2.19. The van der Waals surface area contributed by atoms with E-state index in [0.29, 0.717) is 6.54 Å². The highest BCUT2D eigenvalue weighted by Crippen LogP contribution is 2.27. The second-order valence-electron chi connectivity index (χ2n) is 3.90. The van der Waals surface area contributed by atoms with Crippen LogP contribution in [-0.2, 0) is 19.4 Å². The molecule has 3 heterocycles. The lowest BCUT2D eigenvalue weighted by molar-refractivity contribution is 0.635. The fraction of sp³-hybridized carbons (Fsp3) is 0.364. The minimum Gasteiger partial charge on any atom is -0.330 e. The van der Waals surface area contributed by atoms with Crippen molar-refractivity contribution in [3.05, 3.63) is 30.1 Å². The summed E-state index contributed by atoms with van der Waals surface area (Å²) in [5, 5.41) is 0. The first-order valence-electron chi connectivity index (χ1n) is 5.44. The van der Waals surface area contributed by atoms with Crippen molar-refractivity contribution in [2.45, 2.75) is 19.4 Å². The van der Waals surface area contributed by atoms with Gasteiger partial charge in [0.1, 0.15) is 12.2 Å². The molecule has 0 saturated carbocycles. The van der Waals surface area contributed by atoms with E-state index in [2.05, 4.69) is 19.5 Å². The minimum absolute atomic E-state index is 0.632. The molecular formula is C11H13N5. The van der Waals surface area contributed by atoms with Gasteiger partial charge in [0.15, 0.2) is 0 Å². The molecule has 0 atom stereocenters. The van der Waals surface area contributed by atoms with Crippen LogP contribution in [0.5, 0.6) is 0 Å². The van der Waals surface area contributed by atoms with Gasteiger partial charge in [0.2, 0.25) is 0 Å². The summed E-state index contributed by atoms with van der Waals surface area (Å²) in [5.41, 5.74) is 8.87. The molecule has 0 aliphatic carbocycles. The number of rotatable bonds is 2. The SMILES string of the molecule is NCCc1ncc2n1CCc1cncnc1-2. The first-order valence-corrected chi connectivity index (χ1v) is 5.44. The van der Waals surface area contributed by atoms with Crippen LogP contribution < -0.4 is 5.73 Å². The maximum Gasteiger partial charge on any atom is 0.116 e. The van der Waals surface area contributed by atoms with Gasteiger partial charge in [-0.3, -0.25) is 0 Å². The third kappa shape index (κ3) is 1.32. The Hall–Kier alpha value is -1.75. The molecule has 3 rings (SSSR count). The molecule has 2 aromatic heterocycles. The third-order valence-corrected chi connectivity index (χ3v) is 2.94. The van der Waals surface area contributed by atoms with Crippen LogP contribution in [0.2, 0.25) is 0 Å². The van der Waals surface area contributed by atoms with Crippen molar-refractivity contribution >= 4 is 0 Å². The average molecular weight is 215 g/mol. The second kappa shape index (κ2) is 3.68. The lowest BCUT2D eigenvalue weighted by Gasteiger charge is -2.18. The molecule has 0 saturated heterocycles. The lowest BCUT2D eigenvalue weighted by atomic mass is 10.1. The summed E-state index contributed by atoms with van der Waals surface area (Å²) in [6.07, 6.45) is 7.15.